The molecule has 3 aromatic rings. The van der Waals surface area contributed by atoms with Crippen LogP contribution in [0.15, 0.2) is 56.6 Å². The van der Waals surface area contributed by atoms with Gasteiger partial charge in [0.15, 0.2) is 5.58 Å². The highest BCUT2D eigenvalue weighted by Crippen LogP contribution is 2.21. The van der Waals surface area contributed by atoms with Crippen molar-refractivity contribution in [1.29, 1.82) is 0 Å². The zero-order chi connectivity index (χ0) is 18.9. The molecular formula is C19H21N3O4S. The van der Waals surface area contributed by atoms with E-state index in [1.807, 2.05) is 12.1 Å². The van der Waals surface area contributed by atoms with Crippen molar-refractivity contribution in [2.24, 2.45) is 0 Å². The lowest BCUT2D eigenvalue weighted by molar-refractivity contribution is 0.221. The van der Waals surface area contributed by atoms with Crippen LogP contribution in [0.1, 0.15) is 24.8 Å². The number of piperidine rings is 1. The molecule has 1 saturated heterocycles. The molecule has 0 unspecified atom stereocenters. The minimum Gasteiger partial charge on any atom is -0.408 e. The van der Waals surface area contributed by atoms with Crippen molar-refractivity contribution in [3.63, 3.8) is 0 Å². The first-order chi connectivity index (χ1) is 13.0. The molecule has 4 rings (SSSR count). The van der Waals surface area contributed by atoms with Crippen LogP contribution in [0.3, 0.4) is 0 Å². The number of H-pyrrole nitrogens is 1. The van der Waals surface area contributed by atoms with Gasteiger partial charge in [-0.15, -0.1) is 0 Å². The Hall–Kier alpha value is -2.58. The van der Waals surface area contributed by atoms with Gasteiger partial charge in [-0.05, 0) is 55.8 Å². The number of likely N-dealkylation sites (tertiary alicyclic amines) is 1. The van der Waals surface area contributed by atoms with E-state index in [0.717, 1.165) is 25.2 Å². The standard InChI is InChI=1S/C19H21N3O4S/c23-19-20-17-9-8-16(12-18(17)26-19)27(24,25)21-15-6-4-14(5-7-15)13-22-10-2-1-3-11-22/h4-9,12,21H,1-3,10-11,13H2,(H,20,23). The molecule has 0 aliphatic carbocycles. The monoisotopic (exact) mass is 387 g/mol. The maximum atomic E-state index is 12.6. The Balaban J connectivity index is 1.48. The molecular weight excluding hydrogens is 366 g/mol. The van der Waals surface area contributed by atoms with E-state index >= 15 is 0 Å². The molecule has 0 saturated carbocycles. The van der Waals surface area contributed by atoms with Crippen LogP contribution in [0.5, 0.6) is 0 Å². The number of fused-ring (bicyclic) bond motifs is 1. The zero-order valence-electron chi connectivity index (χ0n) is 14.8. The topological polar surface area (TPSA) is 95.4 Å². The van der Waals surface area contributed by atoms with E-state index in [1.54, 1.807) is 12.1 Å². The molecule has 0 radical (unpaired) electrons. The molecule has 1 aliphatic heterocycles. The van der Waals surface area contributed by atoms with Gasteiger partial charge in [0.05, 0.1) is 10.4 Å². The van der Waals surface area contributed by atoms with Crippen molar-refractivity contribution >= 4 is 26.8 Å². The number of aromatic amines is 1. The van der Waals surface area contributed by atoms with Crippen LogP contribution in [-0.2, 0) is 16.6 Å². The van der Waals surface area contributed by atoms with Gasteiger partial charge in [-0.25, -0.2) is 13.2 Å². The Morgan fingerprint density at radius 1 is 1.04 bits per heavy atom. The first kappa shape index (κ1) is 17.8. The number of benzene rings is 2. The average molecular weight is 387 g/mol. The SMILES string of the molecule is O=c1[nH]c2ccc(S(=O)(=O)Nc3ccc(CN4CCCCC4)cc3)cc2o1. The van der Waals surface area contributed by atoms with Crippen LogP contribution in [0.2, 0.25) is 0 Å². The quantitative estimate of drug-likeness (QED) is 0.702. The third-order valence-electron chi connectivity index (χ3n) is 4.76. The Kier molecular flexibility index (Phi) is 4.75. The average Bonchev–Trinajstić information content (AvgIpc) is 3.03. The fraction of sp³-hybridized carbons (Fsp3) is 0.316. The third kappa shape index (κ3) is 4.06. The second-order valence-corrected chi connectivity index (χ2v) is 8.49. The number of sulfonamides is 1. The number of oxazole rings is 1. The third-order valence-corrected chi connectivity index (χ3v) is 6.14. The molecule has 0 spiro atoms. The Morgan fingerprint density at radius 2 is 1.78 bits per heavy atom. The van der Waals surface area contributed by atoms with Gasteiger partial charge in [-0.1, -0.05) is 18.6 Å². The van der Waals surface area contributed by atoms with Gasteiger partial charge in [0.25, 0.3) is 10.0 Å². The normalized spacial score (nSPS) is 15.9. The number of anilines is 1. The van der Waals surface area contributed by atoms with Gasteiger partial charge in [0, 0.05) is 18.3 Å². The fourth-order valence-electron chi connectivity index (χ4n) is 3.36. The molecule has 2 heterocycles. The van der Waals surface area contributed by atoms with Crippen molar-refractivity contribution in [2.75, 3.05) is 17.8 Å². The number of hydrogen-bond acceptors (Lipinski definition) is 5. The minimum atomic E-state index is -3.77. The van der Waals surface area contributed by atoms with Crippen LogP contribution in [-0.4, -0.2) is 31.4 Å². The molecule has 1 fully saturated rings. The summed E-state index contributed by atoms with van der Waals surface area (Å²) in [6.07, 6.45) is 3.78. The molecule has 1 aliphatic rings. The summed E-state index contributed by atoms with van der Waals surface area (Å²) in [6, 6.07) is 11.7. The Morgan fingerprint density at radius 3 is 2.52 bits per heavy atom. The van der Waals surface area contributed by atoms with E-state index in [0.29, 0.717) is 11.2 Å². The molecule has 8 heteroatoms. The summed E-state index contributed by atoms with van der Waals surface area (Å²) in [4.78, 5) is 16.2. The number of hydrogen-bond donors (Lipinski definition) is 2. The molecule has 1 aromatic heterocycles. The van der Waals surface area contributed by atoms with Crippen molar-refractivity contribution < 1.29 is 12.8 Å². The molecule has 0 bridgehead atoms. The second kappa shape index (κ2) is 7.21. The zero-order valence-corrected chi connectivity index (χ0v) is 15.6. The molecule has 0 atom stereocenters. The van der Waals surface area contributed by atoms with E-state index in [4.69, 9.17) is 4.42 Å². The van der Waals surface area contributed by atoms with Gasteiger partial charge in [-0.3, -0.25) is 14.6 Å². The van der Waals surface area contributed by atoms with Gasteiger partial charge >= 0.3 is 5.76 Å². The number of nitrogens with one attached hydrogen (secondary N) is 2. The second-order valence-electron chi connectivity index (χ2n) is 6.81. The van der Waals surface area contributed by atoms with Crippen LogP contribution in [0.4, 0.5) is 5.69 Å². The lowest BCUT2D eigenvalue weighted by Crippen LogP contribution is -2.29. The summed E-state index contributed by atoms with van der Waals surface area (Å²) in [6.45, 7) is 3.12. The molecule has 27 heavy (non-hydrogen) atoms. The maximum Gasteiger partial charge on any atom is 0.417 e. The smallest absolute Gasteiger partial charge is 0.408 e. The number of rotatable bonds is 5. The summed E-state index contributed by atoms with van der Waals surface area (Å²) in [7, 11) is -3.77. The van der Waals surface area contributed by atoms with Gasteiger partial charge in [0.2, 0.25) is 0 Å². The first-order valence-corrected chi connectivity index (χ1v) is 10.4. The molecule has 7 nitrogen and oxygen atoms in total. The summed E-state index contributed by atoms with van der Waals surface area (Å²) >= 11 is 0. The van der Waals surface area contributed by atoms with Crippen molar-refractivity contribution in [2.45, 2.75) is 30.7 Å². The van der Waals surface area contributed by atoms with E-state index in [9.17, 15) is 13.2 Å². The van der Waals surface area contributed by atoms with E-state index in [-0.39, 0.29) is 10.5 Å². The first-order valence-electron chi connectivity index (χ1n) is 8.97. The van der Waals surface area contributed by atoms with Crippen LogP contribution < -0.4 is 10.5 Å². The van der Waals surface area contributed by atoms with Gasteiger partial charge < -0.3 is 4.42 Å². The highest BCUT2D eigenvalue weighted by Gasteiger charge is 2.16. The largest absolute Gasteiger partial charge is 0.417 e. The maximum absolute atomic E-state index is 12.6. The number of nitrogens with zero attached hydrogens (tertiary/aromatic N) is 1. The fourth-order valence-corrected chi connectivity index (χ4v) is 4.43. The van der Waals surface area contributed by atoms with Gasteiger partial charge in [0.1, 0.15) is 0 Å². The predicted octanol–water partition coefficient (Wildman–Crippen LogP) is 2.91. The van der Waals surface area contributed by atoms with Gasteiger partial charge in [-0.2, -0.15) is 0 Å². The Labute approximate surface area is 157 Å². The highest BCUT2D eigenvalue weighted by atomic mass is 32.2. The molecule has 2 aromatic carbocycles. The molecule has 0 amide bonds. The summed E-state index contributed by atoms with van der Waals surface area (Å²) in [5.74, 6) is -0.614. The highest BCUT2D eigenvalue weighted by molar-refractivity contribution is 7.92. The molecule has 142 valence electrons. The summed E-state index contributed by atoms with van der Waals surface area (Å²) in [5.41, 5.74) is 2.32. The van der Waals surface area contributed by atoms with Crippen LogP contribution in [0.25, 0.3) is 11.1 Å². The van der Waals surface area contributed by atoms with E-state index in [2.05, 4.69) is 14.6 Å². The summed E-state index contributed by atoms with van der Waals surface area (Å²) < 4.78 is 32.7. The minimum absolute atomic E-state index is 0.0372. The van der Waals surface area contributed by atoms with Crippen LogP contribution in [0, 0.1) is 0 Å². The predicted molar refractivity (Wildman–Crippen MR) is 103 cm³/mol. The van der Waals surface area contributed by atoms with Crippen molar-refractivity contribution in [3.8, 4) is 0 Å². The van der Waals surface area contributed by atoms with Crippen molar-refractivity contribution in [3.05, 3.63) is 58.6 Å². The lowest BCUT2D eigenvalue weighted by atomic mass is 10.1. The van der Waals surface area contributed by atoms with Crippen LogP contribution >= 0.6 is 0 Å². The van der Waals surface area contributed by atoms with E-state index in [1.165, 1.54) is 37.5 Å². The summed E-state index contributed by atoms with van der Waals surface area (Å²) in [5, 5.41) is 0. The van der Waals surface area contributed by atoms with E-state index < -0.39 is 15.8 Å². The Bertz CT molecular complexity index is 1090. The number of aromatic nitrogens is 1. The van der Waals surface area contributed by atoms with Crippen molar-refractivity contribution in [1.82, 2.24) is 9.88 Å². The lowest BCUT2D eigenvalue weighted by Gasteiger charge is -2.26. The molecule has 2 N–H and O–H groups in total.